The van der Waals surface area contributed by atoms with Gasteiger partial charge in [0.25, 0.3) is 0 Å². The Balaban J connectivity index is 1.64. The number of hydrogen-bond donors (Lipinski definition) is 0. The van der Waals surface area contributed by atoms with Crippen molar-refractivity contribution in [2.24, 2.45) is 0 Å². The van der Waals surface area contributed by atoms with Gasteiger partial charge in [-0.1, -0.05) is 13.3 Å². The molecule has 0 spiro atoms. The summed E-state index contributed by atoms with van der Waals surface area (Å²) in [6, 6.07) is 2.69. The van der Waals surface area contributed by atoms with E-state index in [4.69, 9.17) is 0 Å². The van der Waals surface area contributed by atoms with Crippen molar-refractivity contribution < 1.29 is 0 Å². The van der Waals surface area contributed by atoms with Gasteiger partial charge in [0.05, 0.1) is 10.7 Å². The zero-order valence-corrected chi connectivity index (χ0v) is 14.5. The lowest BCUT2D eigenvalue weighted by Gasteiger charge is -2.35. The van der Waals surface area contributed by atoms with E-state index in [2.05, 4.69) is 39.7 Å². The van der Waals surface area contributed by atoms with Crippen LogP contribution in [0.5, 0.6) is 0 Å². The SMILES string of the molecule is CCc1nc(C)sc1CN1CCCC[C@@H]1CCn1cccn1. The van der Waals surface area contributed by atoms with Gasteiger partial charge >= 0.3 is 0 Å². The first kappa shape index (κ1) is 15.7. The average molecular weight is 318 g/mol. The maximum Gasteiger partial charge on any atom is 0.0900 e. The van der Waals surface area contributed by atoms with Crippen LogP contribution in [0.3, 0.4) is 0 Å². The van der Waals surface area contributed by atoms with Crippen molar-refractivity contribution >= 4 is 11.3 Å². The molecular weight excluding hydrogens is 292 g/mol. The zero-order chi connectivity index (χ0) is 15.4. The van der Waals surface area contributed by atoms with E-state index in [0.29, 0.717) is 6.04 Å². The molecule has 2 aromatic heterocycles. The van der Waals surface area contributed by atoms with Gasteiger partial charge in [-0.25, -0.2) is 4.98 Å². The second-order valence-corrected chi connectivity index (χ2v) is 7.42. The van der Waals surface area contributed by atoms with Crippen LogP contribution in [0.15, 0.2) is 18.5 Å². The minimum Gasteiger partial charge on any atom is -0.295 e. The maximum absolute atomic E-state index is 4.68. The molecule has 0 amide bonds. The zero-order valence-electron chi connectivity index (χ0n) is 13.7. The van der Waals surface area contributed by atoms with Crippen LogP contribution in [0, 0.1) is 6.92 Å². The molecule has 120 valence electrons. The van der Waals surface area contributed by atoms with E-state index in [1.54, 1.807) is 0 Å². The van der Waals surface area contributed by atoms with E-state index in [9.17, 15) is 0 Å². The molecule has 0 aliphatic carbocycles. The summed E-state index contributed by atoms with van der Waals surface area (Å²) in [5, 5.41) is 5.54. The number of rotatable bonds is 6. The third kappa shape index (κ3) is 3.76. The topological polar surface area (TPSA) is 34.0 Å². The summed E-state index contributed by atoms with van der Waals surface area (Å²) in [6.45, 7) is 7.67. The van der Waals surface area contributed by atoms with E-state index in [0.717, 1.165) is 19.5 Å². The van der Waals surface area contributed by atoms with Crippen molar-refractivity contribution in [3.8, 4) is 0 Å². The molecule has 1 aliphatic heterocycles. The highest BCUT2D eigenvalue weighted by atomic mass is 32.1. The molecule has 1 saturated heterocycles. The Morgan fingerprint density at radius 2 is 2.27 bits per heavy atom. The summed E-state index contributed by atoms with van der Waals surface area (Å²) >= 11 is 1.88. The number of nitrogens with zero attached hydrogens (tertiary/aromatic N) is 4. The molecule has 0 unspecified atom stereocenters. The second kappa shape index (κ2) is 7.38. The van der Waals surface area contributed by atoms with Crippen molar-refractivity contribution in [3.05, 3.63) is 34.0 Å². The Kier molecular flexibility index (Phi) is 5.26. The first-order chi connectivity index (χ1) is 10.8. The fourth-order valence-corrected chi connectivity index (χ4v) is 4.46. The van der Waals surface area contributed by atoms with Crippen molar-refractivity contribution in [3.63, 3.8) is 0 Å². The summed E-state index contributed by atoms with van der Waals surface area (Å²) in [5.74, 6) is 0. The molecular formula is C17H26N4S. The Morgan fingerprint density at radius 3 is 3.05 bits per heavy atom. The normalized spacial score (nSPS) is 19.6. The molecule has 0 N–H and O–H groups in total. The third-order valence-electron chi connectivity index (χ3n) is 4.57. The summed E-state index contributed by atoms with van der Waals surface area (Å²) in [4.78, 5) is 8.84. The van der Waals surface area contributed by atoms with Crippen LogP contribution in [-0.4, -0.2) is 32.3 Å². The van der Waals surface area contributed by atoms with E-state index < -0.39 is 0 Å². The highest BCUT2D eigenvalue weighted by Gasteiger charge is 2.24. The Labute approximate surface area is 137 Å². The molecule has 0 saturated carbocycles. The summed E-state index contributed by atoms with van der Waals surface area (Å²) in [6.07, 6.45) is 10.2. The largest absolute Gasteiger partial charge is 0.295 e. The van der Waals surface area contributed by atoms with Crippen LogP contribution in [0.1, 0.15) is 48.2 Å². The van der Waals surface area contributed by atoms with Gasteiger partial charge in [-0.2, -0.15) is 5.10 Å². The summed E-state index contributed by atoms with van der Waals surface area (Å²) < 4.78 is 2.06. The number of likely N-dealkylation sites (tertiary alicyclic amines) is 1. The van der Waals surface area contributed by atoms with Crippen LogP contribution < -0.4 is 0 Å². The van der Waals surface area contributed by atoms with Gasteiger partial charge in [-0.3, -0.25) is 9.58 Å². The van der Waals surface area contributed by atoms with Crippen LogP contribution in [0.2, 0.25) is 0 Å². The first-order valence-corrected chi connectivity index (χ1v) is 9.24. The Hall–Kier alpha value is -1.20. The van der Waals surface area contributed by atoms with Crippen molar-refractivity contribution in [1.29, 1.82) is 0 Å². The lowest BCUT2D eigenvalue weighted by atomic mass is 9.99. The number of piperidine rings is 1. The minimum absolute atomic E-state index is 0.685. The van der Waals surface area contributed by atoms with E-state index in [-0.39, 0.29) is 0 Å². The number of aryl methyl sites for hydroxylation is 3. The molecule has 2 aromatic rings. The predicted molar refractivity (Wildman–Crippen MR) is 91.1 cm³/mol. The van der Waals surface area contributed by atoms with E-state index in [1.807, 2.05) is 23.6 Å². The molecule has 0 aromatic carbocycles. The predicted octanol–water partition coefficient (Wildman–Crippen LogP) is 3.66. The minimum atomic E-state index is 0.685. The van der Waals surface area contributed by atoms with Gasteiger partial charge in [-0.05, 0) is 45.2 Å². The number of aromatic nitrogens is 3. The molecule has 4 nitrogen and oxygen atoms in total. The van der Waals surface area contributed by atoms with Gasteiger partial charge < -0.3 is 0 Å². The van der Waals surface area contributed by atoms with Crippen LogP contribution in [-0.2, 0) is 19.5 Å². The standard InChI is InChI=1S/C17H26N4S/c1-3-16-17(22-14(2)19-16)13-20-10-5-4-7-15(20)8-12-21-11-6-9-18-21/h6,9,11,15H,3-5,7-8,10,12-13H2,1-2H3/t15-/m1/s1. The highest BCUT2D eigenvalue weighted by Crippen LogP contribution is 2.26. The monoisotopic (exact) mass is 318 g/mol. The van der Waals surface area contributed by atoms with Crippen molar-refractivity contribution in [2.45, 2.75) is 65.1 Å². The smallest absolute Gasteiger partial charge is 0.0900 e. The maximum atomic E-state index is 4.68. The van der Waals surface area contributed by atoms with Crippen molar-refractivity contribution in [1.82, 2.24) is 19.7 Å². The molecule has 22 heavy (non-hydrogen) atoms. The van der Waals surface area contributed by atoms with Gasteiger partial charge in [0.15, 0.2) is 0 Å². The number of thiazole rings is 1. The van der Waals surface area contributed by atoms with E-state index in [1.165, 1.54) is 47.8 Å². The summed E-state index contributed by atoms with van der Waals surface area (Å²) in [5.41, 5.74) is 1.30. The fraction of sp³-hybridized carbons (Fsp3) is 0.647. The van der Waals surface area contributed by atoms with E-state index >= 15 is 0 Å². The van der Waals surface area contributed by atoms with Crippen LogP contribution >= 0.6 is 11.3 Å². The molecule has 1 fully saturated rings. The lowest BCUT2D eigenvalue weighted by molar-refractivity contribution is 0.128. The lowest BCUT2D eigenvalue weighted by Crippen LogP contribution is -2.39. The first-order valence-electron chi connectivity index (χ1n) is 8.43. The fourth-order valence-electron chi connectivity index (χ4n) is 3.41. The Morgan fingerprint density at radius 1 is 1.36 bits per heavy atom. The van der Waals surface area contributed by atoms with Crippen LogP contribution in [0.25, 0.3) is 0 Å². The Bertz CT molecular complexity index is 576. The van der Waals surface area contributed by atoms with Gasteiger partial charge in [0.1, 0.15) is 0 Å². The van der Waals surface area contributed by atoms with Gasteiger partial charge in [-0.15, -0.1) is 11.3 Å². The summed E-state index contributed by atoms with van der Waals surface area (Å²) in [7, 11) is 0. The second-order valence-electron chi connectivity index (χ2n) is 6.13. The van der Waals surface area contributed by atoms with Gasteiger partial charge in [0.2, 0.25) is 0 Å². The quantitative estimate of drug-likeness (QED) is 0.815. The van der Waals surface area contributed by atoms with Crippen molar-refractivity contribution in [2.75, 3.05) is 6.54 Å². The molecule has 3 heterocycles. The molecule has 1 aliphatic rings. The van der Waals surface area contributed by atoms with Crippen LogP contribution in [0.4, 0.5) is 0 Å². The molecule has 5 heteroatoms. The third-order valence-corrected chi connectivity index (χ3v) is 5.56. The number of hydrogen-bond acceptors (Lipinski definition) is 4. The molecule has 0 radical (unpaired) electrons. The molecule has 1 atom stereocenters. The molecule has 3 rings (SSSR count). The van der Waals surface area contributed by atoms with Gasteiger partial charge in [0, 0.05) is 36.4 Å². The average Bonchev–Trinajstić information content (AvgIpc) is 3.16. The highest BCUT2D eigenvalue weighted by molar-refractivity contribution is 7.11. The molecule has 0 bridgehead atoms.